The first kappa shape index (κ1) is 16.6. The SMILES string of the molecule is CCCNc1ccc2oc(-c3ccc(O)c(OC)c3)c(SC)c2c1. The summed E-state index contributed by atoms with van der Waals surface area (Å²) in [4.78, 5) is 1.08. The number of hydrogen-bond acceptors (Lipinski definition) is 5. The largest absolute Gasteiger partial charge is 0.504 e. The number of thioether (sulfide) groups is 1. The first-order valence-electron chi connectivity index (χ1n) is 7.89. The van der Waals surface area contributed by atoms with Crippen molar-refractivity contribution < 1.29 is 14.3 Å². The normalized spacial score (nSPS) is 11.0. The van der Waals surface area contributed by atoms with Crippen LogP contribution in [0.15, 0.2) is 45.7 Å². The molecule has 0 atom stereocenters. The molecule has 0 amide bonds. The van der Waals surface area contributed by atoms with Gasteiger partial charge in [-0.25, -0.2) is 0 Å². The van der Waals surface area contributed by atoms with Crippen LogP contribution in [0.25, 0.3) is 22.3 Å². The Kier molecular flexibility index (Phi) is 4.90. The molecule has 4 nitrogen and oxygen atoms in total. The Balaban J connectivity index is 2.11. The number of methoxy groups -OCH3 is 1. The van der Waals surface area contributed by atoms with E-state index >= 15 is 0 Å². The molecule has 3 aromatic rings. The van der Waals surface area contributed by atoms with E-state index in [2.05, 4.69) is 18.3 Å². The first-order chi connectivity index (χ1) is 11.7. The summed E-state index contributed by atoms with van der Waals surface area (Å²) in [6.07, 6.45) is 3.12. The second kappa shape index (κ2) is 7.09. The predicted molar refractivity (Wildman–Crippen MR) is 100 cm³/mol. The van der Waals surface area contributed by atoms with Crippen LogP contribution in [0.2, 0.25) is 0 Å². The molecule has 24 heavy (non-hydrogen) atoms. The number of anilines is 1. The summed E-state index contributed by atoms with van der Waals surface area (Å²) in [7, 11) is 1.54. The molecule has 2 aromatic carbocycles. The van der Waals surface area contributed by atoms with Gasteiger partial charge in [0.2, 0.25) is 0 Å². The number of furan rings is 1. The summed E-state index contributed by atoms with van der Waals surface area (Å²) in [5.41, 5.74) is 2.83. The summed E-state index contributed by atoms with van der Waals surface area (Å²) in [6.45, 7) is 3.09. The monoisotopic (exact) mass is 343 g/mol. The standard InChI is InChI=1S/C19H21NO3S/c1-4-9-20-13-6-8-16-14(11-13)19(24-3)18(23-16)12-5-7-15(21)17(10-12)22-2/h5-8,10-11,20-21H,4,9H2,1-3H3. The van der Waals surface area contributed by atoms with Gasteiger partial charge in [0.15, 0.2) is 11.5 Å². The fourth-order valence-corrected chi connectivity index (χ4v) is 3.39. The minimum atomic E-state index is 0.120. The molecule has 0 unspecified atom stereocenters. The number of nitrogens with one attached hydrogen (secondary N) is 1. The Labute approximate surface area is 145 Å². The van der Waals surface area contributed by atoms with Gasteiger partial charge in [-0.05, 0) is 49.1 Å². The average molecular weight is 343 g/mol. The van der Waals surface area contributed by atoms with Crippen molar-refractivity contribution in [3.63, 3.8) is 0 Å². The summed E-state index contributed by atoms with van der Waals surface area (Å²) < 4.78 is 11.3. The number of phenols is 1. The molecule has 3 rings (SSSR count). The fourth-order valence-electron chi connectivity index (χ4n) is 2.67. The highest BCUT2D eigenvalue weighted by Crippen LogP contribution is 2.42. The highest BCUT2D eigenvalue weighted by Gasteiger charge is 2.17. The van der Waals surface area contributed by atoms with Crippen molar-refractivity contribution in [1.29, 1.82) is 0 Å². The van der Waals surface area contributed by atoms with Crippen LogP contribution in [0.3, 0.4) is 0 Å². The van der Waals surface area contributed by atoms with Crippen molar-refractivity contribution in [2.75, 3.05) is 25.2 Å². The third-order valence-electron chi connectivity index (χ3n) is 3.87. The molecule has 0 aliphatic heterocycles. The lowest BCUT2D eigenvalue weighted by Crippen LogP contribution is -1.98. The molecule has 0 bridgehead atoms. The molecule has 0 aliphatic carbocycles. The van der Waals surface area contributed by atoms with Crippen molar-refractivity contribution >= 4 is 28.4 Å². The van der Waals surface area contributed by atoms with Crippen LogP contribution in [-0.2, 0) is 0 Å². The van der Waals surface area contributed by atoms with Gasteiger partial charge in [0.1, 0.15) is 11.3 Å². The van der Waals surface area contributed by atoms with E-state index in [0.717, 1.165) is 45.8 Å². The summed E-state index contributed by atoms with van der Waals surface area (Å²) in [6, 6.07) is 11.4. The minimum Gasteiger partial charge on any atom is -0.504 e. The highest BCUT2D eigenvalue weighted by atomic mass is 32.2. The van der Waals surface area contributed by atoms with Crippen LogP contribution in [0.4, 0.5) is 5.69 Å². The van der Waals surface area contributed by atoms with Crippen molar-refractivity contribution in [2.24, 2.45) is 0 Å². The van der Waals surface area contributed by atoms with E-state index in [-0.39, 0.29) is 5.75 Å². The number of fused-ring (bicyclic) bond motifs is 1. The van der Waals surface area contributed by atoms with Gasteiger partial charge in [-0.1, -0.05) is 6.92 Å². The summed E-state index contributed by atoms with van der Waals surface area (Å²) in [5, 5.41) is 14.3. The van der Waals surface area contributed by atoms with Gasteiger partial charge >= 0.3 is 0 Å². The van der Waals surface area contributed by atoms with Crippen molar-refractivity contribution in [1.82, 2.24) is 0 Å². The Morgan fingerprint density at radius 1 is 1.21 bits per heavy atom. The van der Waals surface area contributed by atoms with Gasteiger partial charge in [-0.15, -0.1) is 11.8 Å². The molecule has 0 saturated carbocycles. The third kappa shape index (κ3) is 3.04. The maximum atomic E-state index is 9.80. The van der Waals surface area contributed by atoms with Crippen LogP contribution in [0.5, 0.6) is 11.5 Å². The van der Waals surface area contributed by atoms with Crippen molar-refractivity contribution in [3.8, 4) is 22.8 Å². The highest BCUT2D eigenvalue weighted by molar-refractivity contribution is 7.99. The second-order valence-electron chi connectivity index (χ2n) is 5.49. The van der Waals surface area contributed by atoms with Gasteiger partial charge in [0.25, 0.3) is 0 Å². The molecule has 126 valence electrons. The topological polar surface area (TPSA) is 54.6 Å². The minimum absolute atomic E-state index is 0.120. The maximum Gasteiger partial charge on any atom is 0.161 e. The predicted octanol–water partition coefficient (Wildman–Crippen LogP) is 5.36. The van der Waals surface area contributed by atoms with E-state index < -0.39 is 0 Å². The Morgan fingerprint density at radius 3 is 2.75 bits per heavy atom. The zero-order valence-electron chi connectivity index (χ0n) is 14.1. The lowest BCUT2D eigenvalue weighted by atomic mass is 10.1. The van der Waals surface area contributed by atoms with Gasteiger partial charge in [-0.2, -0.15) is 0 Å². The molecular weight excluding hydrogens is 322 g/mol. The number of phenolic OH excluding ortho intramolecular Hbond substituents is 1. The third-order valence-corrected chi connectivity index (χ3v) is 4.68. The lowest BCUT2D eigenvalue weighted by Gasteiger charge is -2.06. The quantitative estimate of drug-likeness (QED) is 0.590. The number of rotatable bonds is 6. The Bertz CT molecular complexity index is 857. The maximum absolute atomic E-state index is 9.80. The van der Waals surface area contributed by atoms with Crippen molar-refractivity contribution in [2.45, 2.75) is 18.2 Å². The van der Waals surface area contributed by atoms with Gasteiger partial charge < -0.3 is 19.6 Å². The average Bonchev–Trinajstić information content (AvgIpc) is 2.98. The second-order valence-corrected chi connectivity index (χ2v) is 6.31. The Morgan fingerprint density at radius 2 is 2.04 bits per heavy atom. The number of aromatic hydroxyl groups is 1. The van der Waals surface area contributed by atoms with Crippen molar-refractivity contribution in [3.05, 3.63) is 36.4 Å². The van der Waals surface area contributed by atoms with Crippen LogP contribution in [0, 0.1) is 0 Å². The smallest absolute Gasteiger partial charge is 0.161 e. The van der Waals surface area contributed by atoms with E-state index in [4.69, 9.17) is 9.15 Å². The fraction of sp³-hybridized carbons (Fsp3) is 0.263. The molecule has 1 heterocycles. The van der Waals surface area contributed by atoms with E-state index in [1.54, 1.807) is 31.0 Å². The molecule has 5 heteroatoms. The van der Waals surface area contributed by atoms with Crippen LogP contribution >= 0.6 is 11.8 Å². The molecule has 0 aliphatic rings. The molecule has 0 fully saturated rings. The summed E-state index contributed by atoms with van der Waals surface area (Å²) in [5.74, 6) is 1.35. The zero-order valence-corrected chi connectivity index (χ0v) is 14.9. The van der Waals surface area contributed by atoms with E-state index in [9.17, 15) is 5.11 Å². The van der Waals surface area contributed by atoms with E-state index in [0.29, 0.717) is 5.75 Å². The molecule has 2 N–H and O–H groups in total. The zero-order chi connectivity index (χ0) is 17.1. The molecule has 0 saturated heterocycles. The van der Waals surface area contributed by atoms with Gasteiger partial charge in [0, 0.05) is 23.2 Å². The van der Waals surface area contributed by atoms with Crippen LogP contribution < -0.4 is 10.1 Å². The number of ether oxygens (including phenoxy) is 1. The molecule has 0 radical (unpaired) electrons. The lowest BCUT2D eigenvalue weighted by molar-refractivity contribution is 0.373. The van der Waals surface area contributed by atoms with Gasteiger partial charge in [0.05, 0.1) is 12.0 Å². The van der Waals surface area contributed by atoms with E-state index in [1.807, 2.05) is 24.5 Å². The first-order valence-corrected chi connectivity index (χ1v) is 9.12. The number of hydrogen-bond donors (Lipinski definition) is 2. The molecule has 1 aromatic heterocycles. The summed E-state index contributed by atoms with van der Waals surface area (Å²) >= 11 is 1.65. The molecular formula is C19H21NO3S. The molecule has 0 spiro atoms. The van der Waals surface area contributed by atoms with E-state index in [1.165, 1.54) is 0 Å². The Hall–Kier alpha value is -2.27. The van der Waals surface area contributed by atoms with Crippen LogP contribution in [0.1, 0.15) is 13.3 Å². The number of benzene rings is 2. The van der Waals surface area contributed by atoms with Gasteiger partial charge in [-0.3, -0.25) is 0 Å². The van der Waals surface area contributed by atoms with Crippen LogP contribution in [-0.4, -0.2) is 25.0 Å².